The minimum absolute atomic E-state index is 0.0609. The fourth-order valence-corrected chi connectivity index (χ4v) is 8.61. The maximum atomic E-state index is 14.2. The Kier molecular flexibility index (Phi) is 12.3. The van der Waals surface area contributed by atoms with E-state index < -0.39 is 66.0 Å². The minimum atomic E-state index is -1.31. The van der Waals surface area contributed by atoms with E-state index in [0.717, 1.165) is 5.56 Å². The Balaban J connectivity index is 1.53. The summed E-state index contributed by atoms with van der Waals surface area (Å²) >= 11 is 2.65. The summed E-state index contributed by atoms with van der Waals surface area (Å²) in [6.07, 6.45) is 0.532. The highest BCUT2D eigenvalue weighted by Crippen LogP contribution is 2.29. The number of fused-ring (bicyclic) bond motifs is 4. The number of hydrogen-bond donors (Lipinski definition) is 5. The van der Waals surface area contributed by atoms with Crippen LogP contribution in [0.1, 0.15) is 81.0 Å². The fourth-order valence-electron chi connectivity index (χ4n) is 6.36. The van der Waals surface area contributed by atoms with Gasteiger partial charge in [-0.1, -0.05) is 64.4 Å². The van der Waals surface area contributed by atoms with Crippen LogP contribution in [0.25, 0.3) is 0 Å². The Morgan fingerprint density at radius 1 is 0.920 bits per heavy atom. The molecule has 1 aromatic carbocycles. The SMILES string of the molecule is CCC(C)C1NC(=O)C(C(C)O)NC(=O)C2CCCN2C(=O)C(Cc2ccccc2)NC(=O)c2csc(n2)C(C(C)C)NC(=O)C2CSC1=N2. The second kappa shape index (κ2) is 16.5. The number of carbonyl (C=O) groups is 5. The van der Waals surface area contributed by atoms with E-state index in [2.05, 4.69) is 26.3 Å². The molecule has 5 amide bonds. The molecule has 3 aliphatic rings. The van der Waals surface area contributed by atoms with E-state index in [0.29, 0.717) is 35.1 Å². The van der Waals surface area contributed by atoms with Crippen LogP contribution in [0.4, 0.5) is 0 Å². The van der Waals surface area contributed by atoms with Crippen LogP contribution >= 0.6 is 23.1 Å². The van der Waals surface area contributed by atoms with Gasteiger partial charge in [-0.2, -0.15) is 0 Å². The zero-order chi connectivity index (χ0) is 36.1. The van der Waals surface area contributed by atoms with Gasteiger partial charge >= 0.3 is 0 Å². The van der Waals surface area contributed by atoms with Gasteiger partial charge in [0.05, 0.1) is 23.2 Å². The number of nitrogens with one attached hydrogen (secondary N) is 4. The van der Waals surface area contributed by atoms with Crippen molar-refractivity contribution in [3.63, 3.8) is 0 Å². The van der Waals surface area contributed by atoms with Crippen LogP contribution in [0.5, 0.6) is 0 Å². The lowest BCUT2D eigenvalue weighted by molar-refractivity contribution is -0.141. The molecule has 1 saturated heterocycles. The molecule has 15 heteroatoms. The van der Waals surface area contributed by atoms with E-state index in [1.54, 1.807) is 5.38 Å². The van der Waals surface area contributed by atoms with Crippen molar-refractivity contribution in [1.82, 2.24) is 31.2 Å². The lowest BCUT2D eigenvalue weighted by Crippen LogP contribution is -2.60. The predicted octanol–water partition coefficient (Wildman–Crippen LogP) is 2.21. The lowest BCUT2D eigenvalue weighted by Gasteiger charge is -2.31. The second-order valence-electron chi connectivity index (χ2n) is 13.6. The molecule has 1 aromatic heterocycles. The number of rotatable bonds is 6. The molecular formula is C35H47N7O6S2. The van der Waals surface area contributed by atoms with Gasteiger partial charge in [-0.15, -0.1) is 23.1 Å². The number of aliphatic imine (C=N–C) groups is 1. The predicted molar refractivity (Wildman–Crippen MR) is 193 cm³/mol. The van der Waals surface area contributed by atoms with Gasteiger partial charge in [-0.3, -0.25) is 29.0 Å². The number of aliphatic hydroxyl groups excluding tert-OH is 1. The number of thiazole rings is 1. The number of hydrogen-bond acceptors (Lipinski definition) is 10. The van der Waals surface area contributed by atoms with Crippen molar-refractivity contribution in [2.75, 3.05) is 12.3 Å². The molecule has 4 heterocycles. The molecule has 1 fully saturated rings. The third kappa shape index (κ3) is 8.55. The van der Waals surface area contributed by atoms with Crippen LogP contribution in [0.2, 0.25) is 0 Å². The smallest absolute Gasteiger partial charge is 0.271 e. The Bertz CT molecular complexity index is 1600. The zero-order valence-electron chi connectivity index (χ0n) is 29.0. The molecule has 13 nitrogen and oxygen atoms in total. The first-order valence-corrected chi connectivity index (χ1v) is 19.1. The van der Waals surface area contributed by atoms with Gasteiger partial charge in [0.1, 0.15) is 34.9 Å². The van der Waals surface area contributed by atoms with Gasteiger partial charge in [-0.05, 0) is 37.2 Å². The highest BCUT2D eigenvalue weighted by Gasteiger charge is 2.41. The van der Waals surface area contributed by atoms with E-state index in [1.807, 2.05) is 58.0 Å². The standard InChI is InChI=1S/C35H47N7O6S2/c1-6-19(4)27-34-38-24(17-50-34)30(45)39-26(18(2)3)33-37-23(16-49-33)29(44)36-22(15-21-11-8-7-9-12-21)35(48)42-14-10-13-25(42)31(46)41-28(20(5)43)32(47)40-27/h7-9,11-12,16,18-20,22,24-28,43H,6,10,13-15,17H2,1-5H3,(H,36,44)(H,39,45)(H,40,47)(H,41,46). The normalized spacial score (nSPS) is 28.1. The van der Waals surface area contributed by atoms with Crippen molar-refractivity contribution in [2.45, 2.75) is 103 Å². The third-order valence-electron chi connectivity index (χ3n) is 9.52. The first-order valence-electron chi connectivity index (χ1n) is 17.3. The Morgan fingerprint density at radius 3 is 2.30 bits per heavy atom. The molecule has 0 spiro atoms. The Morgan fingerprint density at radius 2 is 1.62 bits per heavy atom. The Hall–Kier alpha value is -3.82. The molecule has 4 bridgehead atoms. The number of amides is 5. The van der Waals surface area contributed by atoms with Crippen LogP contribution in [-0.4, -0.2) is 98.2 Å². The van der Waals surface area contributed by atoms with Gasteiger partial charge in [0.15, 0.2) is 0 Å². The topological polar surface area (TPSA) is 182 Å². The molecule has 8 unspecified atom stereocenters. The summed E-state index contributed by atoms with van der Waals surface area (Å²) in [7, 11) is 0. The number of nitrogens with zero attached hydrogens (tertiary/aromatic N) is 3. The molecule has 0 saturated carbocycles. The number of benzene rings is 1. The molecule has 2 aromatic rings. The molecule has 270 valence electrons. The summed E-state index contributed by atoms with van der Waals surface area (Å²) < 4.78 is 0. The van der Waals surface area contributed by atoms with Gasteiger partial charge in [-0.25, -0.2) is 4.98 Å². The van der Waals surface area contributed by atoms with Crippen LogP contribution in [0.3, 0.4) is 0 Å². The van der Waals surface area contributed by atoms with Crippen molar-refractivity contribution >= 4 is 57.7 Å². The van der Waals surface area contributed by atoms with Crippen LogP contribution in [-0.2, 0) is 25.6 Å². The molecule has 8 atom stereocenters. The molecular weight excluding hydrogens is 679 g/mol. The van der Waals surface area contributed by atoms with Crippen molar-refractivity contribution < 1.29 is 29.1 Å². The quantitative estimate of drug-likeness (QED) is 0.301. The molecule has 0 radical (unpaired) electrons. The summed E-state index contributed by atoms with van der Waals surface area (Å²) in [6.45, 7) is 9.57. The highest BCUT2D eigenvalue weighted by molar-refractivity contribution is 8.14. The summed E-state index contributed by atoms with van der Waals surface area (Å²) in [6, 6.07) is 4.29. The average molecular weight is 726 g/mol. The van der Waals surface area contributed by atoms with E-state index in [-0.39, 0.29) is 36.4 Å². The second-order valence-corrected chi connectivity index (χ2v) is 15.5. The Labute approximate surface area is 300 Å². The van der Waals surface area contributed by atoms with Gasteiger partial charge in [0.25, 0.3) is 5.91 Å². The van der Waals surface area contributed by atoms with E-state index in [1.165, 1.54) is 34.9 Å². The maximum Gasteiger partial charge on any atom is 0.271 e. The summed E-state index contributed by atoms with van der Waals surface area (Å²) in [5.74, 6) is -2.19. The van der Waals surface area contributed by atoms with E-state index in [9.17, 15) is 29.1 Å². The monoisotopic (exact) mass is 725 g/mol. The van der Waals surface area contributed by atoms with E-state index in [4.69, 9.17) is 4.99 Å². The number of aliphatic hydroxyl groups is 1. The summed E-state index contributed by atoms with van der Waals surface area (Å²) in [5, 5.41) is 25.1. The maximum absolute atomic E-state index is 14.2. The number of carbonyl (C=O) groups excluding carboxylic acids is 5. The summed E-state index contributed by atoms with van der Waals surface area (Å²) in [4.78, 5) is 79.8. The first kappa shape index (κ1) is 37.4. The van der Waals surface area contributed by atoms with Crippen LogP contribution in [0.15, 0.2) is 40.7 Å². The van der Waals surface area contributed by atoms with Gasteiger partial charge in [0.2, 0.25) is 23.6 Å². The lowest BCUT2D eigenvalue weighted by atomic mass is 9.98. The number of thioether (sulfide) groups is 1. The molecule has 3 aliphatic heterocycles. The zero-order valence-corrected chi connectivity index (χ0v) is 30.7. The molecule has 0 aliphatic carbocycles. The molecule has 5 rings (SSSR count). The molecule has 5 N–H and O–H groups in total. The third-order valence-corrected chi connectivity index (χ3v) is 11.6. The van der Waals surface area contributed by atoms with Crippen LogP contribution < -0.4 is 21.3 Å². The number of aromatic nitrogens is 1. The highest BCUT2D eigenvalue weighted by atomic mass is 32.2. The van der Waals surface area contributed by atoms with Crippen molar-refractivity contribution in [3.05, 3.63) is 52.0 Å². The minimum Gasteiger partial charge on any atom is -0.391 e. The first-order chi connectivity index (χ1) is 23.9. The largest absolute Gasteiger partial charge is 0.391 e. The van der Waals surface area contributed by atoms with Crippen molar-refractivity contribution in [3.8, 4) is 0 Å². The van der Waals surface area contributed by atoms with Crippen LogP contribution in [0, 0.1) is 11.8 Å². The van der Waals surface area contributed by atoms with E-state index >= 15 is 0 Å². The van der Waals surface area contributed by atoms with Gasteiger partial charge in [0, 0.05) is 24.1 Å². The fraction of sp³-hybridized carbons (Fsp3) is 0.571. The van der Waals surface area contributed by atoms with Gasteiger partial charge < -0.3 is 31.3 Å². The van der Waals surface area contributed by atoms with Crippen molar-refractivity contribution in [2.24, 2.45) is 16.8 Å². The summed E-state index contributed by atoms with van der Waals surface area (Å²) in [5.41, 5.74) is 0.936. The molecule has 50 heavy (non-hydrogen) atoms. The van der Waals surface area contributed by atoms with Crippen molar-refractivity contribution in [1.29, 1.82) is 0 Å². The average Bonchev–Trinajstić information content (AvgIpc) is 3.89.